The van der Waals surface area contributed by atoms with Gasteiger partial charge in [0.05, 0.1) is 38.1 Å². The molecule has 0 aromatic rings. The fourth-order valence-electron chi connectivity index (χ4n) is 8.31. The van der Waals surface area contributed by atoms with Crippen molar-refractivity contribution in [3.63, 3.8) is 0 Å². The van der Waals surface area contributed by atoms with Crippen molar-refractivity contribution in [1.82, 2.24) is 0 Å². The van der Waals surface area contributed by atoms with Gasteiger partial charge < -0.3 is 29.2 Å². The summed E-state index contributed by atoms with van der Waals surface area (Å²) in [6.07, 6.45) is 5.60. The van der Waals surface area contributed by atoms with E-state index in [0.717, 1.165) is 38.5 Å². The largest absolute Gasteiger partial charge is 0.392 e. The van der Waals surface area contributed by atoms with E-state index in [9.17, 15) is 10.2 Å². The Hall–Kier alpha value is -0.500. The molecule has 4 fully saturated rings. The highest BCUT2D eigenvalue weighted by atomic mass is 16.7. The van der Waals surface area contributed by atoms with Crippen molar-refractivity contribution in [2.24, 2.45) is 16.7 Å². The first-order valence-corrected chi connectivity index (χ1v) is 11.5. The second-order valence-corrected chi connectivity index (χ2v) is 10.7. The van der Waals surface area contributed by atoms with Gasteiger partial charge in [0.25, 0.3) is 0 Å². The number of rotatable bonds is 0. The SMILES string of the molecule is CC12C[C@@H](O)C3(C)C4=C(CC[C@]3(O)[C@@H]1CCC21OCCO1)CC1(CC4)OCCO1. The Labute approximate surface area is 172 Å². The van der Waals surface area contributed by atoms with Gasteiger partial charge in [-0.1, -0.05) is 25.0 Å². The first-order valence-electron chi connectivity index (χ1n) is 11.5. The van der Waals surface area contributed by atoms with Crippen LogP contribution in [0.5, 0.6) is 0 Å². The van der Waals surface area contributed by atoms with E-state index in [-0.39, 0.29) is 11.3 Å². The summed E-state index contributed by atoms with van der Waals surface area (Å²) in [5.41, 5.74) is 0.658. The van der Waals surface area contributed by atoms with Gasteiger partial charge in [0.2, 0.25) is 0 Å². The van der Waals surface area contributed by atoms with Gasteiger partial charge in [-0.25, -0.2) is 0 Å². The Morgan fingerprint density at radius 3 is 2.31 bits per heavy atom. The zero-order valence-electron chi connectivity index (χ0n) is 17.7. The molecule has 2 unspecified atom stereocenters. The third-order valence-corrected chi connectivity index (χ3v) is 9.83. The van der Waals surface area contributed by atoms with Crippen molar-refractivity contribution < 1.29 is 29.2 Å². The highest BCUT2D eigenvalue weighted by Gasteiger charge is 2.75. The Bertz CT molecular complexity index is 750. The fourth-order valence-corrected chi connectivity index (χ4v) is 8.31. The van der Waals surface area contributed by atoms with Gasteiger partial charge >= 0.3 is 0 Å². The monoisotopic (exact) mass is 406 g/mol. The minimum atomic E-state index is -0.945. The number of fused-ring (bicyclic) bond motifs is 5. The van der Waals surface area contributed by atoms with E-state index in [1.807, 2.05) is 0 Å². The van der Waals surface area contributed by atoms with E-state index in [2.05, 4.69) is 13.8 Å². The number of hydrogen-bond acceptors (Lipinski definition) is 6. The van der Waals surface area contributed by atoms with Gasteiger partial charge in [-0.2, -0.15) is 0 Å². The van der Waals surface area contributed by atoms with Gasteiger partial charge in [0.1, 0.15) is 0 Å². The van der Waals surface area contributed by atoms with Crippen LogP contribution >= 0.6 is 0 Å². The van der Waals surface area contributed by atoms with Crippen LogP contribution in [0.15, 0.2) is 11.1 Å². The Kier molecular flexibility index (Phi) is 3.87. The molecule has 2 heterocycles. The first-order chi connectivity index (χ1) is 13.8. The molecule has 0 radical (unpaired) electrons. The molecule has 0 bridgehead atoms. The third-order valence-electron chi connectivity index (χ3n) is 9.83. The third kappa shape index (κ3) is 2.14. The summed E-state index contributed by atoms with van der Waals surface area (Å²) < 4.78 is 24.3. The van der Waals surface area contributed by atoms with Crippen LogP contribution in [0.4, 0.5) is 0 Å². The molecule has 0 amide bonds. The van der Waals surface area contributed by atoms with E-state index in [0.29, 0.717) is 39.3 Å². The number of hydrogen-bond donors (Lipinski definition) is 2. The summed E-state index contributed by atoms with van der Waals surface area (Å²) in [4.78, 5) is 0. The summed E-state index contributed by atoms with van der Waals surface area (Å²) in [7, 11) is 0. The standard InChI is InChI=1S/C23H34O6/c1-19-14-18(24)20(2)16-4-6-21(26-9-10-27-21)13-15(16)3-7-22(20,25)17(19)5-8-23(19)28-11-12-29-23/h17-18,24-25H,3-14H2,1-2H3/t17-,18-,19?,20?,22+/m1/s1. The van der Waals surface area contributed by atoms with Crippen LogP contribution in [0.25, 0.3) is 0 Å². The molecule has 6 nitrogen and oxygen atoms in total. The predicted octanol–water partition coefficient (Wildman–Crippen LogP) is 2.67. The molecule has 0 aromatic carbocycles. The van der Waals surface area contributed by atoms with Crippen molar-refractivity contribution in [1.29, 1.82) is 0 Å². The lowest BCUT2D eigenvalue weighted by Gasteiger charge is -2.65. The van der Waals surface area contributed by atoms with Crippen molar-refractivity contribution in [3.05, 3.63) is 11.1 Å². The van der Waals surface area contributed by atoms with E-state index in [1.54, 1.807) is 0 Å². The molecule has 6 rings (SSSR count). The molecule has 6 aliphatic rings. The number of aliphatic hydroxyl groups excluding tert-OH is 1. The highest BCUT2D eigenvalue weighted by Crippen LogP contribution is 2.71. The summed E-state index contributed by atoms with van der Waals surface area (Å²) in [5, 5.41) is 23.9. The van der Waals surface area contributed by atoms with Crippen LogP contribution in [0.2, 0.25) is 0 Å². The van der Waals surface area contributed by atoms with Gasteiger partial charge in [-0.3, -0.25) is 0 Å². The van der Waals surface area contributed by atoms with Crippen LogP contribution in [0, 0.1) is 16.7 Å². The molecule has 4 aliphatic carbocycles. The zero-order chi connectivity index (χ0) is 20.1. The normalized spacial score (nSPS) is 50.1. The average Bonchev–Trinajstić information content (AvgIpc) is 3.41. The maximum Gasteiger partial charge on any atom is 0.174 e. The van der Waals surface area contributed by atoms with E-state index >= 15 is 0 Å². The molecule has 2 spiro atoms. The van der Waals surface area contributed by atoms with Gasteiger partial charge in [-0.15, -0.1) is 0 Å². The molecule has 2 N–H and O–H groups in total. The molecule has 5 atom stereocenters. The predicted molar refractivity (Wildman–Crippen MR) is 104 cm³/mol. The highest BCUT2D eigenvalue weighted by molar-refractivity contribution is 5.38. The van der Waals surface area contributed by atoms with Crippen molar-refractivity contribution >= 4 is 0 Å². The molecule has 29 heavy (non-hydrogen) atoms. The minimum absolute atomic E-state index is 0.0606. The lowest BCUT2D eigenvalue weighted by Crippen LogP contribution is -2.70. The number of aliphatic hydroxyl groups is 2. The maximum atomic E-state index is 12.3. The van der Waals surface area contributed by atoms with Crippen LogP contribution in [-0.2, 0) is 18.9 Å². The molecule has 0 aromatic heterocycles. The summed E-state index contributed by atoms with van der Waals surface area (Å²) in [5.74, 6) is -1.06. The quantitative estimate of drug-likeness (QED) is 0.603. The smallest absolute Gasteiger partial charge is 0.174 e. The van der Waals surface area contributed by atoms with Crippen molar-refractivity contribution in [2.45, 2.75) is 88.5 Å². The first kappa shape index (κ1) is 19.2. The summed E-state index contributed by atoms with van der Waals surface area (Å²) in [6, 6.07) is 0. The zero-order valence-corrected chi connectivity index (χ0v) is 17.7. The average molecular weight is 407 g/mol. The lowest BCUT2D eigenvalue weighted by atomic mass is 9.44. The van der Waals surface area contributed by atoms with Gasteiger partial charge in [0, 0.05) is 30.1 Å². The molecular weight excluding hydrogens is 372 g/mol. The molecule has 2 aliphatic heterocycles. The van der Waals surface area contributed by atoms with Gasteiger partial charge in [0.15, 0.2) is 11.6 Å². The Balaban J connectivity index is 1.42. The minimum Gasteiger partial charge on any atom is -0.392 e. The van der Waals surface area contributed by atoms with Crippen LogP contribution in [0.1, 0.15) is 65.2 Å². The van der Waals surface area contributed by atoms with Gasteiger partial charge in [-0.05, 0) is 38.0 Å². The van der Waals surface area contributed by atoms with Crippen molar-refractivity contribution in [3.8, 4) is 0 Å². The van der Waals surface area contributed by atoms with E-state index in [4.69, 9.17) is 18.9 Å². The molecule has 2 saturated carbocycles. The maximum absolute atomic E-state index is 12.3. The summed E-state index contributed by atoms with van der Waals surface area (Å²) >= 11 is 0. The lowest BCUT2D eigenvalue weighted by molar-refractivity contribution is -0.292. The molecule has 2 saturated heterocycles. The Morgan fingerprint density at radius 2 is 1.59 bits per heavy atom. The van der Waals surface area contributed by atoms with Crippen LogP contribution in [-0.4, -0.2) is 59.9 Å². The molecule has 6 heteroatoms. The topological polar surface area (TPSA) is 77.4 Å². The Morgan fingerprint density at radius 1 is 0.897 bits per heavy atom. The second-order valence-electron chi connectivity index (χ2n) is 10.7. The molecular formula is C23H34O6. The van der Waals surface area contributed by atoms with E-state index in [1.165, 1.54) is 11.1 Å². The second kappa shape index (κ2) is 5.84. The van der Waals surface area contributed by atoms with E-state index < -0.39 is 28.7 Å². The van der Waals surface area contributed by atoms with Crippen LogP contribution in [0.3, 0.4) is 0 Å². The number of ether oxygens (including phenoxy) is 4. The molecule has 162 valence electrons. The summed E-state index contributed by atoms with van der Waals surface area (Å²) in [6.45, 7) is 6.82. The van der Waals surface area contributed by atoms with Crippen molar-refractivity contribution in [2.75, 3.05) is 26.4 Å². The fraction of sp³-hybridized carbons (Fsp3) is 0.913. The van der Waals surface area contributed by atoms with Crippen LogP contribution < -0.4 is 0 Å².